The van der Waals surface area contributed by atoms with Crippen LogP contribution in [-0.2, 0) is 29.5 Å². The lowest BCUT2D eigenvalue weighted by atomic mass is 9.86. The van der Waals surface area contributed by atoms with Gasteiger partial charge in [-0.3, -0.25) is 24.0 Å². The first kappa shape index (κ1) is 25.4. The van der Waals surface area contributed by atoms with Gasteiger partial charge >= 0.3 is 0 Å². The molecule has 1 aromatic rings. The van der Waals surface area contributed by atoms with Gasteiger partial charge in [-0.1, -0.05) is 36.8 Å². The van der Waals surface area contributed by atoms with Crippen LogP contribution in [0.25, 0.3) is 0 Å². The molecule has 10 nitrogen and oxygen atoms in total. The van der Waals surface area contributed by atoms with Crippen LogP contribution in [0.3, 0.4) is 0 Å². The van der Waals surface area contributed by atoms with E-state index < -0.39 is 41.8 Å². The highest BCUT2D eigenvalue weighted by atomic mass is 16.3. The molecule has 0 radical (unpaired) electrons. The molecule has 6 atom stereocenters. The Morgan fingerprint density at radius 2 is 1.92 bits per heavy atom. The molecule has 3 aliphatic heterocycles. The van der Waals surface area contributed by atoms with Crippen molar-refractivity contribution in [2.75, 3.05) is 19.7 Å². The van der Waals surface area contributed by atoms with Crippen LogP contribution < -0.4 is 16.0 Å². The average molecular weight is 511 g/mol. The zero-order valence-electron chi connectivity index (χ0n) is 20.8. The number of amides is 4. The van der Waals surface area contributed by atoms with Crippen LogP contribution in [0.2, 0.25) is 0 Å². The maximum atomic E-state index is 14.2. The lowest BCUT2D eigenvalue weighted by molar-refractivity contribution is -0.146. The standard InChI is InChI=1S/C27H34N4O6/c32-15-21(33)20(13-16-10-12-28-24(16)35)29-25(36)23-19-8-4-5-17(19)14-31(23)26(37)27(11-9-22(34)30-27)18-6-2-1-3-7-18/h1-3,6-7,16-17,19-20,23,32H,4-5,8-15H2,(H,28,35)(H,29,36)(H,30,34)/t16-,17-,19-,20+,23+,27-/m0/s1. The largest absolute Gasteiger partial charge is 0.389 e. The van der Waals surface area contributed by atoms with Crippen LogP contribution in [0.4, 0.5) is 0 Å². The van der Waals surface area contributed by atoms with Crippen molar-refractivity contribution in [3.8, 4) is 0 Å². The topological polar surface area (TPSA) is 145 Å². The van der Waals surface area contributed by atoms with Gasteiger partial charge in [0.2, 0.25) is 17.7 Å². The number of Topliss-reactive ketones (excluding diaryl/α,β-unsaturated/α-hetero) is 1. The number of fused-ring (bicyclic) bond motifs is 1. The molecule has 0 spiro atoms. The number of benzene rings is 1. The van der Waals surface area contributed by atoms with Gasteiger partial charge < -0.3 is 26.0 Å². The van der Waals surface area contributed by atoms with E-state index in [9.17, 15) is 29.1 Å². The summed E-state index contributed by atoms with van der Waals surface area (Å²) in [6, 6.07) is 7.32. The highest BCUT2D eigenvalue weighted by molar-refractivity contribution is 5.99. The smallest absolute Gasteiger partial charge is 0.253 e. The number of carbonyl (C=O) groups excluding carboxylic acids is 5. The Kier molecular flexibility index (Phi) is 7.02. The molecule has 0 bridgehead atoms. The van der Waals surface area contributed by atoms with Gasteiger partial charge in [-0.05, 0) is 49.5 Å². The van der Waals surface area contributed by atoms with Gasteiger partial charge in [0.1, 0.15) is 18.2 Å². The molecule has 5 rings (SSSR count). The van der Waals surface area contributed by atoms with Gasteiger partial charge in [0.05, 0.1) is 6.04 Å². The van der Waals surface area contributed by atoms with E-state index >= 15 is 0 Å². The molecular weight excluding hydrogens is 476 g/mol. The van der Waals surface area contributed by atoms with Crippen LogP contribution in [0.1, 0.15) is 50.5 Å². The third-order valence-corrected chi connectivity index (χ3v) is 8.68. The van der Waals surface area contributed by atoms with E-state index in [1.807, 2.05) is 30.3 Å². The van der Waals surface area contributed by atoms with Crippen LogP contribution in [0.15, 0.2) is 30.3 Å². The van der Waals surface area contributed by atoms with Crippen LogP contribution in [0.5, 0.6) is 0 Å². The molecule has 0 unspecified atom stereocenters. The quantitative estimate of drug-likeness (QED) is 0.387. The van der Waals surface area contributed by atoms with Crippen molar-refractivity contribution in [1.29, 1.82) is 0 Å². The lowest BCUT2D eigenvalue weighted by Gasteiger charge is -2.36. The number of aliphatic hydroxyl groups is 1. The Morgan fingerprint density at radius 1 is 1.14 bits per heavy atom. The summed E-state index contributed by atoms with van der Waals surface area (Å²) in [4.78, 5) is 66.6. The van der Waals surface area contributed by atoms with E-state index in [2.05, 4.69) is 16.0 Å². The second-order valence-electron chi connectivity index (χ2n) is 10.8. The van der Waals surface area contributed by atoms with Crippen molar-refractivity contribution in [2.24, 2.45) is 17.8 Å². The van der Waals surface area contributed by atoms with E-state index in [0.717, 1.165) is 19.3 Å². The molecule has 4 fully saturated rings. The summed E-state index contributed by atoms with van der Waals surface area (Å²) in [5.74, 6) is -1.99. The Morgan fingerprint density at radius 3 is 2.57 bits per heavy atom. The van der Waals surface area contributed by atoms with Gasteiger partial charge in [-0.2, -0.15) is 0 Å². The number of rotatable bonds is 8. The highest BCUT2D eigenvalue weighted by Gasteiger charge is 2.56. The van der Waals surface area contributed by atoms with Crippen molar-refractivity contribution in [3.63, 3.8) is 0 Å². The summed E-state index contributed by atoms with van der Waals surface area (Å²) in [6.07, 6.45) is 3.84. The number of ketones is 1. The zero-order valence-corrected chi connectivity index (χ0v) is 20.8. The van der Waals surface area contributed by atoms with E-state index in [1.165, 1.54) is 0 Å². The Balaban J connectivity index is 1.42. The molecule has 37 heavy (non-hydrogen) atoms. The highest BCUT2D eigenvalue weighted by Crippen LogP contribution is 2.45. The summed E-state index contributed by atoms with van der Waals surface area (Å²) in [5.41, 5.74) is -0.555. The van der Waals surface area contributed by atoms with Crippen molar-refractivity contribution >= 4 is 29.4 Å². The molecule has 10 heteroatoms. The fourth-order valence-corrected chi connectivity index (χ4v) is 6.78. The number of likely N-dealkylation sites (tertiary alicyclic amines) is 1. The van der Waals surface area contributed by atoms with Crippen LogP contribution >= 0.6 is 0 Å². The maximum Gasteiger partial charge on any atom is 0.253 e. The molecule has 3 saturated heterocycles. The Bertz CT molecular complexity index is 1090. The average Bonchev–Trinajstić information content (AvgIpc) is 3.68. The van der Waals surface area contributed by atoms with Crippen LogP contribution in [-0.4, -0.2) is 71.2 Å². The second kappa shape index (κ2) is 10.2. The molecule has 1 aromatic carbocycles. The number of hydrogen-bond donors (Lipinski definition) is 4. The third-order valence-electron chi connectivity index (χ3n) is 8.68. The summed E-state index contributed by atoms with van der Waals surface area (Å²) in [7, 11) is 0. The number of nitrogens with one attached hydrogen (secondary N) is 3. The minimum absolute atomic E-state index is 0.0477. The van der Waals surface area contributed by atoms with Crippen LogP contribution in [0, 0.1) is 17.8 Å². The van der Waals surface area contributed by atoms with Crippen molar-refractivity contribution in [3.05, 3.63) is 35.9 Å². The minimum Gasteiger partial charge on any atom is -0.389 e. The Labute approximate surface area is 215 Å². The molecular formula is C27H34N4O6. The maximum absolute atomic E-state index is 14.2. The molecule has 4 N–H and O–H groups in total. The summed E-state index contributed by atoms with van der Waals surface area (Å²) >= 11 is 0. The third kappa shape index (κ3) is 4.63. The molecule has 198 valence electrons. The normalized spacial score (nSPS) is 31.5. The first-order valence-corrected chi connectivity index (χ1v) is 13.2. The van der Waals surface area contributed by atoms with Crippen molar-refractivity contribution in [1.82, 2.24) is 20.9 Å². The summed E-state index contributed by atoms with van der Waals surface area (Å²) in [6.45, 7) is 0.177. The minimum atomic E-state index is -1.24. The Hall–Kier alpha value is -3.27. The number of aliphatic hydroxyl groups excluding tert-OH is 1. The van der Waals surface area contributed by atoms with Crippen molar-refractivity contribution < 1.29 is 29.1 Å². The number of hydrogen-bond acceptors (Lipinski definition) is 6. The fraction of sp³-hybridized carbons (Fsp3) is 0.593. The van der Waals surface area contributed by atoms with E-state index in [-0.39, 0.29) is 42.4 Å². The molecule has 3 heterocycles. The first-order chi connectivity index (χ1) is 17.8. The van der Waals surface area contributed by atoms with Gasteiger partial charge in [0.15, 0.2) is 5.78 Å². The monoisotopic (exact) mass is 510 g/mol. The van der Waals surface area contributed by atoms with E-state index in [4.69, 9.17) is 0 Å². The molecule has 1 aliphatic carbocycles. The fourth-order valence-electron chi connectivity index (χ4n) is 6.78. The van der Waals surface area contributed by atoms with Gasteiger partial charge in [-0.15, -0.1) is 0 Å². The van der Waals surface area contributed by atoms with Gasteiger partial charge in [0, 0.05) is 25.4 Å². The van der Waals surface area contributed by atoms with Gasteiger partial charge in [-0.25, -0.2) is 0 Å². The zero-order chi connectivity index (χ0) is 26.2. The van der Waals surface area contributed by atoms with Gasteiger partial charge in [0.25, 0.3) is 5.91 Å². The van der Waals surface area contributed by atoms with E-state index in [0.29, 0.717) is 31.5 Å². The van der Waals surface area contributed by atoms with Crippen molar-refractivity contribution in [2.45, 2.75) is 62.6 Å². The molecule has 4 amide bonds. The predicted octanol–water partition coefficient (Wildman–Crippen LogP) is -0.00860. The summed E-state index contributed by atoms with van der Waals surface area (Å²) < 4.78 is 0. The second-order valence-corrected chi connectivity index (χ2v) is 10.8. The summed E-state index contributed by atoms with van der Waals surface area (Å²) in [5, 5.41) is 18.0. The number of carbonyl (C=O) groups is 5. The number of nitrogens with zero attached hydrogens (tertiary/aromatic N) is 1. The van der Waals surface area contributed by atoms with E-state index in [1.54, 1.807) is 4.90 Å². The molecule has 0 aromatic heterocycles. The SMILES string of the molecule is O=C1CC[C@@](C(=O)N2C[C@@H]3CCC[C@@H]3[C@@H]2C(=O)N[C@H](C[C@@H]2CCNC2=O)C(=O)CO)(c2ccccc2)N1. The molecule has 4 aliphatic rings. The molecule has 1 saturated carbocycles. The lowest BCUT2D eigenvalue weighted by Crippen LogP contribution is -2.59. The first-order valence-electron chi connectivity index (χ1n) is 13.2. The predicted molar refractivity (Wildman–Crippen MR) is 132 cm³/mol.